The van der Waals surface area contributed by atoms with Crippen LogP contribution < -0.4 is 5.32 Å². The van der Waals surface area contributed by atoms with E-state index in [2.05, 4.69) is 15.3 Å². The molecule has 1 unspecified atom stereocenters. The number of amides is 2. The number of carbonyl (C=O) groups excluding carboxylic acids is 2. The van der Waals surface area contributed by atoms with Gasteiger partial charge in [-0.05, 0) is 45.4 Å². The van der Waals surface area contributed by atoms with Crippen LogP contribution in [0.1, 0.15) is 24.2 Å². The van der Waals surface area contributed by atoms with Crippen molar-refractivity contribution in [3.63, 3.8) is 0 Å². The highest BCUT2D eigenvalue weighted by Gasteiger charge is 2.31. The molecule has 0 spiro atoms. The summed E-state index contributed by atoms with van der Waals surface area (Å²) in [6.07, 6.45) is 1.81. The fraction of sp³-hybridized carbons (Fsp3) is 0.522. The van der Waals surface area contributed by atoms with Crippen LogP contribution in [0.3, 0.4) is 0 Å². The minimum absolute atomic E-state index is 0.0380. The first kappa shape index (κ1) is 21.5. The molecule has 0 radical (unpaired) electrons. The van der Waals surface area contributed by atoms with Gasteiger partial charge in [-0.3, -0.25) is 14.5 Å². The van der Waals surface area contributed by atoms with Crippen molar-refractivity contribution < 1.29 is 14.3 Å². The van der Waals surface area contributed by atoms with Crippen LogP contribution in [-0.2, 0) is 14.3 Å². The first-order valence-electron chi connectivity index (χ1n) is 11.0. The van der Waals surface area contributed by atoms with Crippen LogP contribution in [0, 0.1) is 19.8 Å². The second kappa shape index (κ2) is 9.62. The van der Waals surface area contributed by atoms with Crippen molar-refractivity contribution in [1.29, 1.82) is 0 Å². The summed E-state index contributed by atoms with van der Waals surface area (Å²) in [6.45, 7) is 8.16. The molecular weight excluding hydrogens is 394 g/mol. The number of ether oxygens (including phenoxy) is 1. The Hall–Kier alpha value is -2.71. The first-order chi connectivity index (χ1) is 15.0. The SMILES string of the molecule is Cc1nn(-c2ccccc2)c(C)c1NC(=O)CN1CCCC(C(=O)N2CCOCC2)C1. The molecule has 1 atom stereocenters. The topological polar surface area (TPSA) is 79.7 Å². The molecule has 1 aromatic carbocycles. The molecule has 166 valence electrons. The van der Waals surface area contributed by atoms with Crippen LogP contribution in [0.2, 0.25) is 0 Å². The van der Waals surface area contributed by atoms with Gasteiger partial charge < -0.3 is 15.0 Å². The van der Waals surface area contributed by atoms with Gasteiger partial charge in [-0.2, -0.15) is 5.10 Å². The zero-order valence-electron chi connectivity index (χ0n) is 18.3. The van der Waals surface area contributed by atoms with E-state index in [0.717, 1.165) is 42.1 Å². The number of nitrogens with zero attached hydrogens (tertiary/aromatic N) is 4. The Morgan fingerprint density at radius 2 is 1.87 bits per heavy atom. The summed E-state index contributed by atoms with van der Waals surface area (Å²) < 4.78 is 7.20. The number of hydrogen-bond donors (Lipinski definition) is 1. The number of rotatable bonds is 5. The molecule has 1 aromatic heterocycles. The summed E-state index contributed by atoms with van der Waals surface area (Å²) in [7, 11) is 0. The molecule has 0 bridgehead atoms. The average Bonchev–Trinajstić information content (AvgIpc) is 3.08. The lowest BCUT2D eigenvalue weighted by Gasteiger charge is -2.35. The van der Waals surface area contributed by atoms with Crippen LogP contribution in [0.15, 0.2) is 30.3 Å². The van der Waals surface area contributed by atoms with Gasteiger partial charge in [-0.15, -0.1) is 0 Å². The van der Waals surface area contributed by atoms with E-state index in [1.165, 1.54) is 0 Å². The quantitative estimate of drug-likeness (QED) is 0.793. The number of benzene rings is 1. The van der Waals surface area contributed by atoms with E-state index in [-0.39, 0.29) is 24.3 Å². The minimum atomic E-state index is -0.0710. The summed E-state index contributed by atoms with van der Waals surface area (Å²) in [5, 5.41) is 7.64. The summed E-state index contributed by atoms with van der Waals surface area (Å²) in [5.41, 5.74) is 3.40. The lowest BCUT2D eigenvalue weighted by Crippen LogP contribution is -2.49. The van der Waals surface area contributed by atoms with E-state index in [1.807, 2.05) is 53.8 Å². The average molecular weight is 426 g/mol. The summed E-state index contributed by atoms with van der Waals surface area (Å²) >= 11 is 0. The van der Waals surface area contributed by atoms with Gasteiger partial charge in [-0.25, -0.2) is 4.68 Å². The molecule has 0 saturated carbocycles. The Bertz CT molecular complexity index is 921. The van der Waals surface area contributed by atoms with Gasteiger partial charge in [0.2, 0.25) is 11.8 Å². The normalized spacial score (nSPS) is 19.9. The lowest BCUT2D eigenvalue weighted by molar-refractivity contribution is -0.141. The molecule has 8 nitrogen and oxygen atoms in total. The molecule has 31 heavy (non-hydrogen) atoms. The van der Waals surface area contributed by atoms with E-state index < -0.39 is 0 Å². The van der Waals surface area contributed by atoms with Gasteiger partial charge in [-0.1, -0.05) is 18.2 Å². The maximum Gasteiger partial charge on any atom is 0.238 e. The van der Waals surface area contributed by atoms with Gasteiger partial charge >= 0.3 is 0 Å². The number of anilines is 1. The van der Waals surface area contributed by atoms with Crippen LogP contribution in [0.4, 0.5) is 5.69 Å². The molecule has 3 heterocycles. The maximum atomic E-state index is 12.8. The van der Waals surface area contributed by atoms with Gasteiger partial charge in [0.15, 0.2) is 0 Å². The fourth-order valence-corrected chi connectivity index (χ4v) is 4.47. The van der Waals surface area contributed by atoms with Crippen molar-refractivity contribution in [2.24, 2.45) is 5.92 Å². The smallest absolute Gasteiger partial charge is 0.238 e. The summed E-state index contributed by atoms with van der Waals surface area (Å²) in [5.74, 6) is 0.0893. The third-order valence-electron chi connectivity index (χ3n) is 6.10. The van der Waals surface area contributed by atoms with Crippen molar-refractivity contribution in [1.82, 2.24) is 19.6 Å². The molecule has 2 saturated heterocycles. The molecule has 2 fully saturated rings. The zero-order chi connectivity index (χ0) is 21.8. The number of piperidine rings is 1. The highest BCUT2D eigenvalue weighted by molar-refractivity contribution is 5.93. The Balaban J connectivity index is 1.36. The predicted octanol–water partition coefficient (Wildman–Crippen LogP) is 2.00. The first-order valence-corrected chi connectivity index (χ1v) is 11.0. The van der Waals surface area contributed by atoms with Crippen LogP contribution in [0.5, 0.6) is 0 Å². The number of aromatic nitrogens is 2. The number of carbonyl (C=O) groups is 2. The highest BCUT2D eigenvalue weighted by Crippen LogP contribution is 2.23. The standard InChI is InChI=1S/C23H31N5O3/c1-17-22(18(2)28(25-17)20-8-4-3-5-9-20)24-21(29)16-26-10-6-7-19(15-26)23(30)27-11-13-31-14-12-27/h3-5,8-9,19H,6-7,10-16H2,1-2H3,(H,24,29). The number of aryl methyl sites for hydroxylation is 1. The molecule has 2 aliphatic rings. The fourth-order valence-electron chi connectivity index (χ4n) is 4.47. The van der Waals surface area contributed by atoms with Crippen molar-refractivity contribution in [2.75, 3.05) is 51.3 Å². The molecule has 0 aliphatic carbocycles. The van der Waals surface area contributed by atoms with Crippen molar-refractivity contribution in [2.45, 2.75) is 26.7 Å². The van der Waals surface area contributed by atoms with Gasteiger partial charge in [0.1, 0.15) is 0 Å². The lowest BCUT2D eigenvalue weighted by atomic mass is 9.96. The summed E-state index contributed by atoms with van der Waals surface area (Å²) in [6, 6.07) is 9.88. The van der Waals surface area contributed by atoms with Crippen LogP contribution in [-0.4, -0.2) is 77.3 Å². The number of morpholine rings is 1. The third-order valence-corrected chi connectivity index (χ3v) is 6.10. The van der Waals surface area contributed by atoms with Gasteiger partial charge in [0.25, 0.3) is 0 Å². The van der Waals surface area contributed by atoms with Crippen LogP contribution in [0.25, 0.3) is 5.69 Å². The Labute approximate surface area is 183 Å². The van der Waals surface area contributed by atoms with E-state index in [0.29, 0.717) is 32.8 Å². The highest BCUT2D eigenvalue weighted by atomic mass is 16.5. The van der Waals surface area contributed by atoms with Gasteiger partial charge in [0, 0.05) is 19.6 Å². The Morgan fingerprint density at radius 1 is 1.13 bits per heavy atom. The van der Waals surface area contributed by atoms with E-state index in [4.69, 9.17) is 4.74 Å². The van der Waals surface area contributed by atoms with Crippen LogP contribution >= 0.6 is 0 Å². The molecule has 2 aliphatic heterocycles. The van der Waals surface area contributed by atoms with E-state index in [1.54, 1.807) is 0 Å². The van der Waals surface area contributed by atoms with Crippen molar-refractivity contribution >= 4 is 17.5 Å². The van der Waals surface area contributed by atoms with Crippen molar-refractivity contribution in [3.8, 4) is 5.69 Å². The Morgan fingerprint density at radius 3 is 2.61 bits per heavy atom. The van der Waals surface area contributed by atoms with Crippen molar-refractivity contribution in [3.05, 3.63) is 41.7 Å². The minimum Gasteiger partial charge on any atom is -0.378 e. The number of nitrogens with one attached hydrogen (secondary N) is 1. The molecule has 1 N–H and O–H groups in total. The number of likely N-dealkylation sites (tertiary alicyclic amines) is 1. The summed E-state index contributed by atoms with van der Waals surface area (Å²) in [4.78, 5) is 29.6. The monoisotopic (exact) mass is 425 g/mol. The zero-order valence-corrected chi connectivity index (χ0v) is 18.3. The molecule has 8 heteroatoms. The molecule has 4 rings (SSSR count). The second-order valence-electron chi connectivity index (χ2n) is 8.35. The largest absolute Gasteiger partial charge is 0.378 e. The molecule has 2 aromatic rings. The van der Waals surface area contributed by atoms with Gasteiger partial charge in [0.05, 0.1) is 48.4 Å². The van der Waals surface area contributed by atoms with E-state index in [9.17, 15) is 9.59 Å². The Kier molecular flexibility index (Phi) is 6.67. The third kappa shape index (κ3) is 4.97. The number of para-hydroxylation sites is 1. The second-order valence-corrected chi connectivity index (χ2v) is 8.35. The molecule has 2 amide bonds. The molecular formula is C23H31N5O3. The maximum absolute atomic E-state index is 12.8. The van der Waals surface area contributed by atoms with E-state index >= 15 is 0 Å². The number of hydrogen-bond acceptors (Lipinski definition) is 5. The predicted molar refractivity (Wildman–Crippen MR) is 118 cm³/mol.